The number of aryl methyl sites for hydroxylation is 1. The molecule has 0 unspecified atom stereocenters. The number of anilines is 1. The molecule has 0 radical (unpaired) electrons. The number of benzene rings is 2. The van der Waals surface area contributed by atoms with Gasteiger partial charge in [0.05, 0.1) is 11.9 Å². The van der Waals surface area contributed by atoms with Crippen LogP contribution in [0.15, 0.2) is 73.1 Å². The van der Waals surface area contributed by atoms with E-state index in [1.165, 1.54) is 0 Å². The van der Waals surface area contributed by atoms with Crippen LogP contribution >= 0.6 is 0 Å². The van der Waals surface area contributed by atoms with E-state index in [0.29, 0.717) is 18.7 Å². The Morgan fingerprint density at radius 3 is 2.56 bits per heavy atom. The Labute approximate surface area is 156 Å². The van der Waals surface area contributed by atoms with Crippen LogP contribution in [-0.4, -0.2) is 30.9 Å². The fourth-order valence-electron chi connectivity index (χ4n) is 2.70. The molecule has 4 rings (SSSR count). The van der Waals surface area contributed by atoms with Crippen LogP contribution in [0.25, 0.3) is 17.1 Å². The van der Waals surface area contributed by atoms with Crippen molar-refractivity contribution in [3.8, 4) is 17.1 Å². The van der Waals surface area contributed by atoms with Gasteiger partial charge >= 0.3 is 0 Å². The summed E-state index contributed by atoms with van der Waals surface area (Å²) >= 11 is 0. The van der Waals surface area contributed by atoms with Crippen LogP contribution < -0.4 is 5.32 Å². The predicted molar refractivity (Wildman–Crippen MR) is 102 cm³/mol. The average molecular weight is 358 g/mol. The van der Waals surface area contributed by atoms with Gasteiger partial charge in [0.25, 0.3) is 0 Å². The Kier molecular flexibility index (Phi) is 4.74. The van der Waals surface area contributed by atoms with Crippen LogP contribution in [0.3, 0.4) is 0 Å². The minimum Gasteiger partial charge on any atom is -0.293 e. The van der Waals surface area contributed by atoms with Crippen molar-refractivity contribution < 1.29 is 4.79 Å². The molecule has 0 aliphatic carbocycles. The zero-order chi connectivity index (χ0) is 18.5. The third-order valence-corrected chi connectivity index (χ3v) is 4.08. The molecule has 7 nitrogen and oxygen atoms in total. The molecule has 0 aliphatic rings. The number of H-pyrrole nitrogens is 1. The third-order valence-electron chi connectivity index (χ3n) is 4.08. The van der Waals surface area contributed by atoms with Gasteiger partial charge in [-0.05, 0) is 24.1 Å². The Morgan fingerprint density at radius 2 is 1.78 bits per heavy atom. The first-order chi connectivity index (χ1) is 13.3. The quantitative estimate of drug-likeness (QED) is 0.554. The first-order valence-corrected chi connectivity index (χ1v) is 8.64. The van der Waals surface area contributed by atoms with E-state index in [9.17, 15) is 4.79 Å². The fraction of sp³-hybridized carbons (Fsp3) is 0.100. The first-order valence-electron chi connectivity index (χ1n) is 8.64. The molecule has 27 heavy (non-hydrogen) atoms. The van der Waals surface area contributed by atoms with E-state index in [2.05, 4.69) is 25.6 Å². The summed E-state index contributed by atoms with van der Waals surface area (Å²) in [5, 5.41) is 13.9. The summed E-state index contributed by atoms with van der Waals surface area (Å²) in [6.07, 6.45) is 4.63. The summed E-state index contributed by atoms with van der Waals surface area (Å²) in [4.78, 5) is 16.5. The molecule has 0 spiro atoms. The fourth-order valence-corrected chi connectivity index (χ4v) is 2.70. The van der Waals surface area contributed by atoms with Crippen molar-refractivity contribution in [3.63, 3.8) is 0 Å². The summed E-state index contributed by atoms with van der Waals surface area (Å²) in [5.74, 6) is 0.759. The van der Waals surface area contributed by atoms with Gasteiger partial charge in [0, 0.05) is 18.2 Å². The van der Waals surface area contributed by atoms with Crippen molar-refractivity contribution >= 4 is 11.9 Å². The Balaban J connectivity index is 1.33. The maximum absolute atomic E-state index is 12.2. The number of rotatable bonds is 6. The standard InChI is InChI=1S/C20H18N6O/c27-18(22-20-23-19(24-25-20)16-7-3-1-4-8-16)12-11-15-13-21-26(14-15)17-9-5-2-6-10-17/h1-10,13-14H,11-12H2,(H2,22,23,24,25,27). The van der Waals surface area contributed by atoms with Gasteiger partial charge in [0.1, 0.15) is 0 Å². The van der Waals surface area contributed by atoms with E-state index >= 15 is 0 Å². The second kappa shape index (κ2) is 7.65. The van der Waals surface area contributed by atoms with Gasteiger partial charge in [-0.15, -0.1) is 5.10 Å². The minimum absolute atomic E-state index is 0.138. The topological polar surface area (TPSA) is 88.5 Å². The van der Waals surface area contributed by atoms with Gasteiger partial charge in [0.15, 0.2) is 5.82 Å². The van der Waals surface area contributed by atoms with E-state index in [4.69, 9.17) is 0 Å². The molecule has 2 heterocycles. The molecular weight excluding hydrogens is 340 g/mol. The molecular formula is C20H18N6O. The monoisotopic (exact) mass is 358 g/mol. The SMILES string of the molecule is O=C(CCc1cnn(-c2ccccc2)c1)Nc1n[nH]c(-c2ccccc2)n1. The third kappa shape index (κ3) is 4.09. The molecule has 1 amide bonds. The number of carbonyl (C=O) groups is 1. The summed E-state index contributed by atoms with van der Waals surface area (Å²) in [6, 6.07) is 19.5. The second-order valence-corrected chi connectivity index (χ2v) is 6.05. The van der Waals surface area contributed by atoms with Crippen LogP contribution in [0.1, 0.15) is 12.0 Å². The lowest BCUT2D eigenvalue weighted by Crippen LogP contribution is -2.13. The van der Waals surface area contributed by atoms with Crippen molar-refractivity contribution in [1.29, 1.82) is 0 Å². The smallest absolute Gasteiger partial charge is 0.249 e. The largest absolute Gasteiger partial charge is 0.293 e. The molecule has 0 fully saturated rings. The van der Waals surface area contributed by atoms with Crippen LogP contribution in [-0.2, 0) is 11.2 Å². The van der Waals surface area contributed by atoms with Crippen LogP contribution in [0.4, 0.5) is 5.95 Å². The highest BCUT2D eigenvalue weighted by molar-refractivity contribution is 5.89. The lowest BCUT2D eigenvalue weighted by atomic mass is 10.2. The van der Waals surface area contributed by atoms with E-state index in [1.807, 2.05) is 66.9 Å². The number of carbonyl (C=O) groups excluding carboxylic acids is 1. The molecule has 7 heteroatoms. The minimum atomic E-state index is -0.138. The summed E-state index contributed by atoms with van der Waals surface area (Å²) < 4.78 is 1.80. The zero-order valence-electron chi connectivity index (χ0n) is 14.5. The Hall–Kier alpha value is -3.74. The number of nitrogens with zero attached hydrogens (tertiary/aromatic N) is 4. The maximum Gasteiger partial charge on any atom is 0.249 e. The van der Waals surface area contributed by atoms with Crippen molar-refractivity contribution in [2.24, 2.45) is 0 Å². The highest BCUT2D eigenvalue weighted by Crippen LogP contribution is 2.15. The highest BCUT2D eigenvalue weighted by atomic mass is 16.1. The van der Waals surface area contributed by atoms with Crippen molar-refractivity contribution in [1.82, 2.24) is 25.0 Å². The van der Waals surface area contributed by atoms with E-state index in [1.54, 1.807) is 10.9 Å². The summed E-state index contributed by atoms with van der Waals surface area (Å²) in [6.45, 7) is 0. The van der Waals surface area contributed by atoms with Crippen molar-refractivity contribution in [2.75, 3.05) is 5.32 Å². The maximum atomic E-state index is 12.2. The molecule has 4 aromatic rings. The number of aromatic amines is 1. The average Bonchev–Trinajstić information content (AvgIpc) is 3.37. The van der Waals surface area contributed by atoms with Crippen LogP contribution in [0, 0.1) is 0 Å². The molecule has 134 valence electrons. The molecule has 2 aromatic heterocycles. The molecule has 0 atom stereocenters. The van der Waals surface area contributed by atoms with Crippen molar-refractivity contribution in [2.45, 2.75) is 12.8 Å². The number of amides is 1. The number of aromatic nitrogens is 5. The Morgan fingerprint density at radius 1 is 1.04 bits per heavy atom. The summed E-state index contributed by atoms with van der Waals surface area (Å²) in [7, 11) is 0. The van der Waals surface area contributed by atoms with Gasteiger partial charge in [0.2, 0.25) is 11.9 Å². The number of para-hydroxylation sites is 1. The molecule has 2 aromatic carbocycles. The molecule has 0 saturated carbocycles. The van der Waals surface area contributed by atoms with Crippen LogP contribution in [0.5, 0.6) is 0 Å². The Bertz CT molecular complexity index is 1020. The van der Waals surface area contributed by atoms with E-state index in [0.717, 1.165) is 16.8 Å². The summed E-state index contributed by atoms with van der Waals surface area (Å²) in [5.41, 5.74) is 2.90. The van der Waals surface area contributed by atoms with Gasteiger partial charge in [-0.1, -0.05) is 48.5 Å². The van der Waals surface area contributed by atoms with Gasteiger partial charge in [-0.25, -0.2) is 4.68 Å². The molecule has 0 saturated heterocycles. The van der Waals surface area contributed by atoms with E-state index < -0.39 is 0 Å². The molecule has 0 aliphatic heterocycles. The normalized spacial score (nSPS) is 10.7. The number of hydrogen-bond acceptors (Lipinski definition) is 4. The predicted octanol–water partition coefficient (Wildman–Crippen LogP) is 3.23. The number of hydrogen-bond donors (Lipinski definition) is 2. The first kappa shape index (κ1) is 16.7. The van der Waals surface area contributed by atoms with Gasteiger partial charge in [-0.2, -0.15) is 10.1 Å². The van der Waals surface area contributed by atoms with Crippen molar-refractivity contribution in [3.05, 3.63) is 78.6 Å². The van der Waals surface area contributed by atoms with Gasteiger partial charge in [-0.3, -0.25) is 15.2 Å². The highest BCUT2D eigenvalue weighted by Gasteiger charge is 2.10. The zero-order valence-corrected chi connectivity index (χ0v) is 14.5. The molecule has 2 N–H and O–H groups in total. The van der Waals surface area contributed by atoms with Crippen LogP contribution in [0.2, 0.25) is 0 Å². The lowest BCUT2D eigenvalue weighted by Gasteiger charge is -2.00. The van der Waals surface area contributed by atoms with E-state index in [-0.39, 0.29) is 11.9 Å². The second-order valence-electron chi connectivity index (χ2n) is 6.05. The lowest BCUT2D eigenvalue weighted by molar-refractivity contribution is -0.116. The molecule has 0 bridgehead atoms. The number of nitrogens with one attached hydrogen (secondary N) is 2. The van der Waals surface area contributed by atoms with Gasteiger partial charge < -0.3 is 0 Å².